The molecule has 98 valence electrons. The van der Waals surface area contributed by atoms with Crippen LogP contribution < -0.4 is 4.74 Å². The molecule has 0 heterocycles. The molecule has 0 fully saturated rings. The number of aryl methyl sites for hydroxylation is 1. The van der Waals surface area contributed by atoms with Crippen molar-refractivity contribution in [2.75, 3.05) is 7.11 Å². The molecule has 1 rings (SSSR count). The van der Waals surface area contributed by atoms with Gasteiger partial charge >= 0.3 is 5.97 Å². The Morgan fingerprint density at radius 3 is 2.56 bits per heavy atom. The van der Waals surface area contributed by atoms with Crippen molar-refractivity contribution in [1.29, 1.82) is 0 Å². The van der Waals surface area contributed by atoms with Gasteiger partial charge in [-0.3, -0.25) is 0 Å². The lowest BCUT2D eigenvalue weighted by atomic mass is 9.92. The summed E-state index contributed by atoms with van der Waals surface area (Å²) in [6.45, 7) is 6.03. The fourth-order valence-electron chi connectivity index (χ4n) is 1.89. The van der Waals surface area contributed by atoms with Crippen molar-refractivity contribution in [2.24, 2.45) is 5.92 Å². The maximum absolute atomic E-state index is 10.9. The highest BCUT2D eigenvalue weighted by atomic mass is 16.5. The van der Waals surface area contributed by atoms with E-state index in [1.807, 2.05) is 32.0 Å². The number of benzene rings is 1. The molecule has 1 aromatic rings. The van der Waals surface area contributed by atoms with Crippen LogP contribution in [0.4, 0.5) is 0 Å². The maximum Gasteiger partial charge on any atom is 0.328 e. The van der Waals surface area contributed by atoms with Crippen LogP contribution in [-0.4, -0.2) is 18.2 Å². The van der Waals surface area contributed by atoms with E-state index in [4.69, 9.17) is 9.84 Å². The number of allylic oxidation sites excluding steroid dienone is 1. The largest absolute Gasteiger partial charge is 0.496 e. The number of aliphatic carboxylic acids is 1. The first-order valence-corrected chi connectivity index (χ1v) is 6.11. The van der Waals surface area contributed by atoms with Crippen LogP contribution in [0.25, 0.3) is 5.57 Å². The second kappa shape index (κ2) is 6.24. The zero-order valence-electron chi connectivity index (χ0n) is 11.4. The van der Waals surface area contributed by atoms with Crippen LogP contribution in [0.15, 0.2) is 24.3 Å². The van der Waals surface area contributed by atoms with Gasteiger partial charge in [0.1, 0.15) is 5.75 Å². The molecule has 0 saturated carbocycles. The van der Waals surface area contributed by atoms with E-state index in [0.717, 1.165) is 17.6 Å². The molecule has 0 aliphatic carbocycles. The first-order valence-electron chi connectivity index (χ1n) is 6.11. The standard InChI is InChI=1S/C15H20O3/c1-5-11-6-7-14(18-4)13(8-11)12(10(2)3)9-15(16)17/h6-10H,5H2,1-4H3,(H,16,17)/b12-9+. The average molecular weight is 248 g/mol. The van der Waals surface area contributed by atoms with Gasteiger partial charge in [-0.2, -0.15) is 0 Å². The summed E-state index contributed by atoms with van der Waals surface area (Å²) in [7, 11) is 1.60. The van der Waals surface area contributed by atoms with Crippen LogP contribution in [0.5, 0.6) is 5.75 Å². The molecule has 0 aliphatic rings. The molecule has 0 bridgehead atoms. The van der Waals surface area contributed by atoms with Gasteiger partial charge in [-0.15, -0.1) is 0 Å². The van der Waals surface area contributed by atoms with Gasteiger partial charge in [0.2, 0.25) is 0 Å². The van der Waals surface area contributed by atoms with E-state index in [2.05, 4.69) is 6.92 Å². The van der Waals surface area contributed by atoms with Crippen molar-refractivity contribution in [3.63, 3.8) is 0 Å². The van der Waals surface area contributed by atoms with E-state index in [9.17, 15) is 4.79 Å². The Morgan fingerprint density at radius 2 is 2.11 bits per heavy atom. The number of carboxylic acids is 1. The number of ether oxygens (including phenoxy) is 1. The Bertz CT molecular complexity index is 459. The van der Waals surface area contributed by atoms with Crippen LogP contribution in [0.1, 0.15) is 31.9 Å². The Balaban J connectivity index is 3.38. The molecule has 0 spiro atoms. The third-order valence-electron chi connectivity index (χ3n) is 2.88. The molecule has 18 heavy (non-hydrogen) atoms. The van der Waals surface area contributed by atoms with Gasteiger partial charge in [-0.05, 0) is 35.6 Å². The van der Waals surface area contributed by atoms with Crippen molar-refractivity contribution in [1.82, 2.24) is 0 Å². The minimum atomic E-state index is -0.928. The molecule has 1 N–H and O–H groups in total. The number of rotatable bonds is 5. The fourth-order valence-corrected chi connectivity index (χ4v) is 1.89. The lowest BCUT2D eigenvalue weighted by Gasteiger charge is -2.16. The van der Waals surface area contributed by atoms with E-state index in [-0.39, 0.29) is 5.92 Å². The third kappa shape index (κ3) is 3.36. The molecule has 0 amide bonds. The highest BCUT2D eigenvalue weighted by Crippen LogP contribution is 2.32. The van der Waals surface area contributed by atoms with Gasteiger partial charge in [0.05, 0.1) is 7.11 Å². The summed E-state index contributed by atoms with van der Waals surface area (Å²) >= 11 is 0. The highest BCUT2D eigenvalue weighted by Gasteiger charge is 2.14. The highest BCUT2D eigenvalue weighted by molar-refractivity contribution is 5.91. The molecule has 1 aromatic carbocycles. The summed E-state index contributed by atoms with van der Waals surface area (Å²) in [4.78, 5) is 10.9. The molecule has 3 nitrogen and oxygen atoms in total. The monoisotopic (exact) mass is 248 g/mol. The lowest BCUT2D eigenvalue weighted by Crippen LogP contribution is -2.02. The molecule has 0 aliphatic heterocycles. The molecule has 0 aromatic heterocycles. The first kappa shape index (κ1) is 14.3. The molecular weight excluding hydrogens is 228 g/mol. The SMILES string of the molecule is CCc1ccc(OC)c(/C(=C/C(=O)O)C(C)C)c1. The molecular formula is C15H20O3. The topological polar surface area (TPSA) is 46.5 Å². The summed E-state index contributed by atoms with van der Waals surface area (Å²) < 4.78 is 5.32. The van der Waals surface area contributed by atoms with Crippen LogP contribution in [-0.2, 0) is 11.2 Å². The van der Waals surface area contributed by atoms with E-state index in [1.54, 1.807) is 7.11 Å². The van der Waals surface area contributed by atoms with E-state index >= 15 is 0 Å². The minimum Gasteiger partial charge on any atom is -0.496 e. The summed E-state index contributed by atoms with van der Waals surface area (Å²) in [6.07, 6.45) is 2.18. The van der Waals surface area contributed by atoms with Crippen LogP contribution in [0.2, 0.25) is 0 Å². The van der Waals surface area contributed by atoms with Crippen molar-refractivity contribution in [3.8, 4) is 5.75 Å². The summed E-state index contributed by atoms with van der Waals surface area (Å²) in [6, 6.07) is 5.90. The van der Waals surface area contributed by atoms with Gasteiger partial charge < -0.3 is 9.84 Å². The zero-order valence-corrected chi connectivity index (χ0v) is 11.4. The average Bonchev–Trinajstić information content (AvgIpc) is 2.34. The zero-order chi connectivity index (χ0) is 13.7. The number of carboxylic acid groups (broad SMARTS) is 1. The van der Waals surface area contributed by atoms with E-state index in [0.29, 0.717) is 5.75 Å². The summed E-state index contributed by atoms with van der Waals surface area (Å²) in [5.74, 6) is -0.0850. The van der Waals surface area contributed by atoms with Crippen LogP contribution >= 0.6 is 0 Å². The minimum absolute atomic E-state index is 0.127. The Morgan fingerprint density at radius 1 is 1.44 bits per heavy atom. The number of methoxy groups -OCH3 is 1. The molecule has 0 atom stereocenters. The van der Waals surface area contributed by atoms with E-state index in [1.165, 1.54) is 11.6 Å². The van der Waals surface area contributed by atoms with Gasteiger partial charge in [0, 0.05) is 11.6 Å². The molecule has 0 radical (unpaired) electrons. The van der Waals surface area contributed by atoms with Gasteiger partial charge in [-0.25, -0.2) is 4.79 Å². The fraction of sp³-hybridized carbons (Fsp3) is 0.400. The molecule has 0 saturated heterocycles. The van der Waals surface area contributed by atoms with Gasteiger partial charge in [0.15, 0.2) is 0 Å². The van der Waals surface area contributed by atoms with Crippen molar-refractivity contribution in [2.45, 2.75) is 27.2 Å². The Hall–Kier alpha value is -1.77. The maximum atomic E-state index is 10.9. The summed E-state index contributed by atoms with van der Waals surface area (Å²) in [5, 5.41) is 8.97. The normalized spacial score (nSPS) is 11.7. The predicted octanol–water partition coefficient (Wildman–Crippen LogP) is 3.38. The predicted molar refractivity (Wildman–Crippen MR) is 72.8 cm³/mol. The second-order valence-corrected chi connectivity index (χ2v) is 4.48. The molecule has 0 unspecified atom stereocenters. The van der Waals surface area contributed by atoms with Crippen LogP contribution in [0.3, 0.4) is 0 Å². The smallest absolute Gasteiger partial charge is 0.328 e. The second-order valence-electron chi connectivity index (χ2n) is 4.48. The number of carbonyl (C=O) groups is 1. The summed E-state index contributed by atoms with van der Waals surface area (Å²) in [5.41, 5.74) is 2.83. The number of hydrogen-bond acceptors (Lipinski definition) is 2. The third-order valence-corrected chi connectivity index (χ3v) is 2.88. The lowest BCUT2D eigenvalue weighted by molar-refractivity contribution is -0.131. The quantitative estimate of drug-likeness (QED) is 0.812. The van der Waals surface area contributed by atoms with Gasteiger partial charge in [-0.1, -0.05) is 26.8 Å². The van der Waals surface area contributed by atoms with Crippen molar-refractivity contribution < 1.29 is 14.6 Å². The first-order chi connectivity index (χ1) is 8.49. The number of hydrogen-bond donors (Lipinski definition) is 1. The van der Waals surface area contributed by atoms with Crippen molar-refractivity contribution >= 4 is 11.5 Å². The van der Waals surface area contributed by atoms with Crippen LogP contribution in [0, 0.1) is 5.92 Å². The van der Waals surface area contributed by atoms with E-state index < -0.39 is 5.97 Å². The Kier molecular flexibility index (Phi) is 4.95. The van der Waals surface area contributed by atoms with Crippen molar-refractivity contribution in [3.05, 3.63) is 35.4 Å². The Labute approximate surface area is 108 Å². The van der Waals surface area contributed by atoms with Gasteiger partial charge in [0.25, 0.3) is 0 Å². The molecule has 3 heteroatoms.